The predicted molar refractivity (Wildman–Crippen MR) is 70.4 cm³/mol. The highest BCUT2D eigenvalue weighted by Crippen LogP contribution is 2.26. The molecule has 0 saturated carbocycles. The number of nitrogens with zero attached hydrogens (tertiary/aromatic N) is 1. The number of nitrogens with two attached hydrogens (primary N) is 1. The molecule has 1 amide bonds. The summed E-state index contributed by atoms with van der Waals surface area (Å²) in [5.41, 5.74) is 5.56. The Bertz CT molecular complexity index is 646. The lowest BCUT2D eigenvalue weighted by Gasteiger charge is -2.29. The van der Waals surface area contributed by atoms with Gasteiger partial charge in [-0.15, -0.1) is 0 Å². The summed E-state index contributed by atoms with van der Waals surface area (Å²) in [5.74, 6) is -0.946. The number of aromatic nitrogens is 1. The number of hydrogen-bond acceptors (Lipinski definition) is 5. The zero-order valence-electron chi connectivity index (χ0n) is 10.4. The highest BCUT2D eigenvalue weighted by molar-refractivity contribution is 7.91. The van der Waals surface area contributed by atoms with Crippen molar-refractivity contribution < 1.29 is 13.2 Å². The molecule has 1 aromatic heterocycles. The van der Waals surface area contributed by atoms with Gasteiger partial charge in [-0.05, 0) is 19.8 Å². The number of piperidine rings is 1. The molecule has 1 saturated heterocycles. The van der Waals surface area contributed by atoms with E-state index in [1.165, 1.54) is 4.31 Å². The molecule has 0 aliphatic carbocycles. The van der Waals surface area contributed by atoms with E-state index in [-0.39, 0.29) is 10.8 Å². The monoisotopic (exact) mass is 305 g/mol. The fourth-order valence-electron chi connectivity index (χ4n) is 2.15. The molecule has 1 aromatic rings. The molecule has 106 valence electrons. The van der Waals surface area contributed by atoms with Crippen molar-refractivity contribution in [1.82, 2.24) is 9.29 Å². The lowest BCUT2D eigenvalue weighted by molar-refractivity contribution is -0.122. The van der Waals surface area contributed by atoms with E-state index in [9.17, 15) is 18.0 Å². The van der Waals surface area contributed by atoms with Crippen molar-refractivity contribution in [3.63, 3.8) is 0 Å². The van der Waals surface area contributed by atoms with Crippen LogP contribution < -0.4 is 10.6 Å². The van der Waals surface area contributed by atoms with Crippen LogP contribution in [0.4, 0.5) is 0 Å². The van der Waals surface area contributed by atoms with Gasteiger partial charge in [0.2, 0.25) is 5.91 Å². The predicted octanol–water partition coefficient (Wildman–Crippen LogP) is -0.369. The Balaban J connectivity index is 2.32. The van der Waals surface area contributed by atoms with Gasteiger partial charge in [-0.25, -0.2) is 8.42 Å². The first-order chi connectivity index (χ1) is 8.82. The molecule has 0 bridgehead atoms. The van der Waals surface area contributed by atoms with E-state index in [1.807, 2.05) is 0 Å². The molecular weight excluding hydrogens is 290 g/mol. The Morgan fingerprint density at radius 3 is 2.74 bits per heavy atom. The third-order valence-electron chi connectivity index (χ3n) is 3.14. The average Bonchev–Trinajstić information content (AvgIpc) is 2.69. The number of nitrogens with one attached hydrogen (secondary N) is 1. The number of thiazole rings is 1. The second-order valence-corrected chi connectivity index (χ2v) is 7.65. The minimum Gasteiger partial charge on any atom is -0.369 e. The van der Waals surface area contributed by atoms with Gasteiger partial charge >= 0.3 is 4.87 Å². The van der Waals surface area contributed by atoms with Crippen molar-refractivity contribution in [3.8, 4) is 0 Å². The Hall–Kier alpha value is -1.19. The minimum absolute atomic E-state index is 0.0163. The van der Waals surface area contributed by atoms with E-state index in [4.69, 9.17) is 5.73 Å². The first-order valence-electron chi connectivity index (χ1n) is 5.81. The highest BCUT2D eigenvalue weighted by Gasteiger charge is 2.34. The van der Waals surface area contributed by atoms with E-state index in [0.717, 1.165) is 0 Å². The van der Waals surface area contributed by atoms with Gasteiger partial charge in [0.25, 0.3) is 10.0 Å². The van der Waals surface area contributed by atoms with Gasteiger partial charge in [0, 0.05) is 18.8 Å². The van der Waals surface area contributed by atoms with E-state index in [2.05, 4.69) is 4.98 Å². The first kappa shape index (κ1) is 14.2. The van der Waals surface area contributed by atoms with Crippen LogP contribution in [0.2, 0.25) is 0 Å². The van der Waals surface area contributed by atoms with Crippen molar-refractivity contribution in [2.24, 2.45) is 11.7 Å². The van der Waals surface area contributed by atoms with Crippen molar-refractivity contribution in [3.05, 3.63) is 15.4 Å². The van der Waals surface area contributed by atoms with Crippen molar-refractivity contribution in [2.45, 2.75) is 24.0 Å². The number of H-pyrrole nitrogens is 1. The summed E-state index contributed by atoms with van der Waals surface area (Å²) in [6, 6.07) is 0. The number of aromatic amines is 1. The molecule has 1 unspecified atom stereocenters. The van der Waals surface area contributed by atoms with Crippen LogP contribution in [0.5, 0.6) is 0 Å². The standard InChI is InChI=1S/C10H15N3O4S2/c1-6-9(18-10(15)12-6)19(16,17)13-4-2-3-7(5-13)8(11)14/h7H,2-5H2,1H3,(H2,11,14)(H,12,15). The molecule has 2 rings (SSSR count). The lowest BCUT2D eigenvalue weighted by atomic mass is 9.99. The van der Waals surface area contributed by atoms with Crippen LogP contribution in [0.25, 0.3) is 0 Å². The SMILES string of the molecule is Cc1[nH]c(=O)sc1S(=O)(=O)N1CCCC(C(N)=O)C1. The van der Waals surface area contributed by atoms with Crippen LogP contribution in [0.15, 0.2) is 9.00 Å². The molecule has 0 radical (unpaired) electrons. The molecule has 0 spiro atoms. The summed E-state index contributed by atoms with van der Waals surface area (Å²) in [4.78, 5) is 24.4. The molecule has 3 N–H and O–H groups in total. The summed E-state index contributed by atoms with van der Waals surface area (Å²) < 4.78 is 26.1. The van der Waals surface area contributed by atoms with Crippen LogP contribution in [-0.4, -0.2) is 36.7 Å². The van der Waals surface area contributed by atoms with Crippen LogP contribution >= 0.6 is 11.3 Å². The third-order valence-corrected chi connectivity index (χ3v) is 6.59. The van der Waals surface area contributed by atoms with Crippen LogP contribution in [0, 0.1) is 12.8 Å². The number of carbonyl (C=O) groups excluding carboxylic acids is 1. The molecule has 1 aliphatic rings. The third kappa shape index (κ3) is 2.72. The van der Waals surface area contributed by atoms with Gasteiger partial charge in [0.15, 0.2) is 4.21 Å². The Kier molecular flexibility index (Phi) is 3.79. The second kappa shape index (κ2) is 5.06. The average molecular weight is 305 g/mol. The fraction of sp³-hybridized carbons (Fsp3) is 0.600. The number of sulfonamides is 1. The van der Waals surface area contributed by atoms with Gasteiger partial charge in [0.1, 0.15) is 0 Å². The van der Waals surface area contributed by atoms with Gasteiger partial charge < -0.3 is 10.7 Å². The maximum absolute atomic E-state index is 12.4. The normalized spacial score (nSPS) is 21.4. The maximum atomic E-state index is 12.4. The first-order valence-corrected chi connectivity index (χ1v) is 8.07. The number of rotatable bonds is 3. The molecule has 9 heteroatoms. The van der Waals surface area contributed by atoms with Crippen LogP contribution in [0.1, 0.15) is 18.5 Å². The van der Waals surface area contributed by atoms with Crippen molar-refractivity contribution >= 4 is 27.3 Å². The molecular formula is C10H15N3O4S2. The second-order valence-electron chi connectivity index (χ2n) is 4.53. The van der Waals surface area contributed by atoms with Crippen LogP contribution in [-0.2, 0) is 14.8 Å². The highest BCUT2D eigenvalue weighted by atomic mass is 32.2. The molecule has 1 fully saturated rings. The lowest BCUT2D eigenvalue weighted by Crippen LogP contribution is -2.43. The number of aryl methyl sites for hydroxylation is 1. The Morgan fingerprint density at radius 2 is 2.21 bits per heavy atom. The van der Waals surface area contributed by atoms with Gasteiger partial charge in [-0.3, -0.25) is 9.59 Å². The Morgan fingerprint density at radius 1 is 1.53 bits per heavy atom. The summed E-state index contributed by atoms with van der Waals surface area (Å²) in [6.45, 7) is 1.97. The fourth-order valence-corrected chi connectivity index (χ4v) is 5.11. The van der Waals surface area contributed by atoms with Crippen molar-refractivity contribution in [1.29, 1.82) is 0 Å². The van der Waals surface area contributed by atoms with Gasteiger partial charge in [0.05, 0.1) is 5.92 Å². The van der Waals surface area contributed by atoms with Gasteiger partial charge in [-0.2, -0.15) is 4.31 Å². The zero-order chi connectivity index (χ0) is 14.2. The Labute approximate surface area is 114 Å². The summed E-state index contributed by atoms with van der Waals surface area (Å²) >= 11 is 0.668. The van der Waals surface area contributed by atoms with E-state index < -0.39 is 26.7 Å². The topological polar surface area (TPSA) is 113 Å². The zero-order valence-corrected chi connectivity index (χ0v) is 12.0. The van der Waals surface area contributed by atoms with E-state index >= 15 is 0 Å². The summed E-state index contributed by atoms with van der Waals surface area (Å²) in [5, 5.41) is 0. The number of primary amides is 1. The molecule has 19 heavy (non-hydrogen) atoms. The largest absolute Gasteiger partial charge is 0.369 e. The molecule has 7 nitrogen and oxygen atoms in total. The number of amides is 1. The molecule has 0 aromatic carbocycles. The molecule has 2 heterocycles. The van der Waals surface area contributed by atoms with Gasteiger partial charge in [-0.1, -0.05) is 11.3 Å². The summed E-state index contributed by atoms with van der Waals surface area (Å²) in [7, 11) is -3.73. The smallest absolute Gasteiger partial charge is 0.305 e. The van der Waals surface area contributed by atoms with E-state index in [1.54, 1.807) is 6.92 Å². The van der Waals surface area contributed by atoms with Crippen molar-refractivity contribution in [2.75, 3.05) is 13.1 Å². The summed E-state index contributed by atoms with van der Waals surface area (Å²) in [6.07, 6.45) is 1.19. The quantitative estimate of drug-likeness (QED) is 0.793. The number of hydrogen-bond donors (Lipinski definition) is 2. The number of carbonyl (C=O) groups is 1. The van der Waals surface area contributed by atoms with Crippen LogP contribution in [0.3, 0.4) is 0 Å². The molecule has 1 atom stereocenters. The maximum Gasteiger partial charge on any atom is 0.305 e. The molecule has 1 aliphatic heterocycles. The van der Waals surface area contributed by atoms with E-state index in [0.29, 0.717) is 36.4 Å². The minimum atomic E-state index is -3.73.